The molecule has 1 N–H and O–H groups in total. The molecule has 0 aliphatic carbocycles. The van der Waals surface area contributed by atoms with Crippen LogP contribution in [0, 0.1) is 0 Å². The van der Waals surface area contributed by atoms with Gasteiger partial charge in [0.25, 0.3) is 5.91 Å². The van der Waals surface area contributed by atoms with E-state index in [1.165, 1.54) is 5.56 Å². The van der Waals surface area contributed by atoms with E-state index in [1.807, 2.05) is 12.1 Å². The van der Waals surface area contributed by atoms with Crippen molar-refractivity contribution in [3.8, 4) is 11.3 Å². The number of rotatable bonds is 3. The number of amides is 1. The molecule has 1 heterocycles. The van der Waals surface area contributed by atoms with E-state index in [9.17, 15) is 4.79 Å². The molecule has 0 fully saturated rings. The molecule has 0 aliphatic heterocycles. The van der Waals surface area contributed by atoms with Crippen molar-refractivity contribution in [2.75, 3.05) is 5.32 Å². The fourth-order valence-electron chi connectivity index (χ4n) is 2.72. The number of nitrogens with zero attached hydrogens (tertiary/aromatic N) is 2. The van der Waals surface area contributed by atoms with Crippen molar-refractivity contribution >= 4 is 23.2 Å². The zero-order chi connectivity index (χ0) is 18.9. The van der Waals surface area contributed by atoms with Crippen LogP contribution >= 0.6 is 11.6 Å². The maximum atomic E-state index is 12.6. The van der Waals surface area contributed by atoms with Crippen molar-refractivity contribution in [3.05, 3.63) is 70.9 Å². The van der Waals surface area contributed by atoms with Gasteiger partial charge in [0.2, 0.25) is 0 Å². The van der Waals surface area contributed by atoms with Crippen LogP contribution in [0.25, 0.3) is 11.3 Å². The van der Waals surface area contributed by atoms with Crippen molar-refractivity contribution in [2.45, 2.75) is 26.2 Å². The summed E-state index contributed by atoms with van der Waals surface area (Å²) in [4.78, 5) is 12.6. The van der Waals surface area contributed by atoms with Crippen LogP contribution in [0.3, 0.4) is 0 Å². The van der Waals surface area contributed by atoms with Gasteiger partial charge in [0.15, 0.2) is 0 Å². The van der Waals surface area contributed by atoms with Crippen LogP contribution in [0.15, 0.2) is 54.6 Å². The second-order valence-corrected chi connectivity index (χ2v) is 7.77. The van der Waals surface area contributed by atoms with E-state index in [2.05, 4.69) is 43.3 Å². The van der Waals surface area contributed by atoms with E-state index in [-0.39, 0.29) is 11.3 Å². The van der Waals surface area contributed by atoms with E-state index in [4.69, 9.17) is 11.6 Å². The van der Waals surface area contributed by atoms with Gasteiger partial charge in [0, 0.05) is 23.3 Å². The predicted octanol–water partition coefficient (Wildman–Crippen LogP) is 5.29. The Kier molecular flexibility index (Phi) is 4.88. The van der Waals surface area contributed by atoms with E-state index in [0.29, 0.717) is 16.4 Å². The normalized spacial score (nSPS) is 11.4. The highest BCUT2D eigenvalue weighted by Gasteiger charge is 2.16. The van der Waals surface area contributed by atoms with Crippen molar-refractivity contribution < 1.29 is 4.79 Å². The highest BCUT2D eigenvalue weighted by atomic mass is 35.5. The minimum Gasteiger partial charge on any atom is -0.321 e. The number of hydrogen-bond donors (Lipinski definition) is 1. The molecule has 0 saturated carbocycles. The minimum absolute atomic E-state index is 0.102. The van der Waals surface area contributed by atoms with Gasteiger partial charge in [-0.05, 0) is 35.2 Å². The summed E-state index contributed by atoms with van der Waals surface area (Å²) < 4.78 is 1.59. The van der Waals surface area contributed by atoms with Gasteiger partial charge in [-0.1, -0.05) is 62.7 Å². The second kappa shape index (κ2) is 6.96. The molecule has 0 radical (unpaired) electrons. The molecule has 1 amide bonds. The molecule has 4 nitrogen and oxygen atoms in total. The van der Waals surface area contributed by atoms with Crippen LogP contribution in [-0.2, 0) is 12.5 Å². The first-order valence-corrected chi connectivity index (χ1v) is 8.84. The standard InChI is InChI=1S/C21H22ClN3O/c1-21(2,3)15-10-8-14(9-11-15)18-13-19(25(4)24-18)20(26)23-17-7-5-6-16(22)12-17/h5-13H,1-4H3,(H,23,26). The molecule has 134 valence electrons. The third-order valence-corrected chi connectivity index (χ3v) is 4.48. The van der Waals surface area contributed by atoms with Crippen LogP contribution < -0.4 is 5.32 Å². The van der Waals surface area contributed by atoms with Gasteiger partial charge in [0.1, 0.15) is 5.69 Å². The molecule has 5 heteroatoms. The Hall–Kier alpha value is -2.59. The Bertz CT molecular complexity index is 937. The average Bonchev–Trinajstić information content (AvgIpc) is 2.96. The summed E-state index contributed by atoms with van der Waals surface area (Å²) >= 11 is 5.97. The molecule has 3 aromatic rings. The lowest BCUT2D eigenvalue weighted by molar-refractivity contribution is 0.101. The van der Waals surface area contributed by atoms with Gasteiger partial charge in [0.05, 0.1) is 5.69 Å². The quantitative estimate of drug-likeness (QED) is 0.683. The monoisotopic (exact) mass is 367 g/mol. The Labute approximate surface area is 158 Å². The number of anilines is 1. The highest BCUT2D eigenvalue weighted by molar-refractivity contribution is 6.30. The first kappa shape index (κ1) is 18.2. The van der Waals surface area contributed by atoms with Crippen LogP contribution in [0.2, 0.25) is 5.02 Å². The van der Waals surface area contributed by atoms with Crippen molar-refractivity contribution in [1.82, 2.24) is 9.78 Å². The third kappa shape index (κ3) is 3.97. The molecule has 26 heavy (non-hydrogen) atoms. The number of nitrogens with one attached hydrogen (secondary N) is 1. The smallest absolute Gasteiger partial charge is 0.273 e. The second-order valence-electron chi connectivity index (χ2n) is 7.33. The lowest BCUT2D eigenvalue weighted by Crippen LogP contribution is -2.15. The predicted molar refractivity (Wildman–Crippen MR) is 107 cm³/mol. The molecule has 0 bridgehead atoms. The largest absolute Gasteiger partial charge is 0.321 e. The number of carbonyl (C=O) groups is 1. The molecule has 0 unspecified atom stereocenters. The van der Waals surface area contributed by atoms with Gasteiger partial charge in [-0.15, -0.1) is 0 Å². The zero-order valence-corrected chi connectivity index (χ0v) is 16.1. The lowest BCUT2D eigenvalue weighted by Gasteiger charge is -2.18. The Morgan fingerprint density at radius 2 is 1.77 bits per heavy atom. The van der Waals surface area contributed by atoms with E-state index < -0.39 is 0 Å². The number of halogens is 1. The summed E-state index contributed by atoms with van der Waals surface area (Å²) in [5.41, 5.74) is 4.25. The average molecular weight is 368 g/mol. The number of benzene rings is 2. The van der Waals surface area contributed by atoms with Gasteiger partial charge in [-0.3, -0.25) is 9.48 Å². The van der Waals surface area contributed by atoms with Gasteiger partial charge < -0.3 is 5.32 Å². The lowest BCUT2D eigenvalue weighted by atomic mass is 9.86. The van der Waals surface area contributed by atoms with E-state index >= 15 is 0 Å². The Balaban J connectivity index is 1.83. The first-order chi connectivity index (χ1) is 12.2. The summed E-state index contributed by atoms with van der Waals surface area (Å²) in [5.74, 6) is -0.222. The minimum atomic E-state index is -0.222. The number of carbonyl (C=O) groups excluding carboxylic acids is 1. The molecule has 0 aliphatic rings. The first-order valence-electron chi connectivity index (χ1n) is 8.46. The fourth-order valence-corrected chi connectivity index (χ4v) is 2.91. The summed E-state index contributed by atoms with van der Waals surface area (Å²) in [7, 11) is 1.76. The van der Waals surface area contributed by atoms with Gasteiger partial charge in [-0.2, -0.15) is 5.10 Å². The summed E-state index contributed by atoms with van der Waals surface area (Å²) in [6.07, 6.45) is 0. The molecule has 0 atom stereocenters. The molecule has 0 saturated heterocycles. The topological polar surface area (TPSA) is 46.9 Å². The van der Waals surface area contributed by atoms with E-state index in [0.717, 1.165) is 11.3 Å². The highest BCUT2D eigenvalue weighted by Crippen LogP contribution is 2.26. The molecular weight excluding hydrogens is 346 g/mol. The number of aryl methyl sites for hydroxylation is 1. The van der Waals surface area contributed by atoms with Crippen molar-refractivity contribution in [2.24, 2.45) is 7.05 Å². The molecule has 0 spiro atoms. The zero-order valence-electron chi connectivity index (χ0n) is 15.4. The SMILES string of the molecule is Cn1nc(-c2ccc(C(C)(C)C)cc2)cc1C(=O)Nc1cccc(Cl)c1. The van der Waals surface area contributed by atoms with Crippen molar-refractivity contribution in [3.63, 3.8) is 0 Å². The van der Waals surface area contributed by atoms with Crippen LogP contribution in [-0.4, -0.2) is 15.7 Å². The van der Waals surface area contributed by atoms with Crippen molar-refractivity contribution in [1.29, 1.82) is 0 Å². The maximum absolute atomic E-state index is 12.6. The Morgan fingerprint density at radius 1 is 1.08 bits per heavy atom. The molecular formula is C21H22ClN3O. The van der Waals surface area contributed by atoms with Gasteiger partial charge in [-0.25, -0.2) is 0 Å². The van der Waals surface area contributed by atoms with Gasteiger partial charge >= 0.3 is 0 Å². The molecule has 2 aromatic carbocycles. The summed E-state index contributed by atoms with van der Waals surface area (Å²) in [6.45, 7) is 6.54. The van der Waals surface area contributed by atoms with Crippen LogP contribution in [0.5, 0.6) is 0 Å². The molecule has 3 rings (SSSR count). The summed E-state index contributed by atoms with van der Waals surface area (Å²) in [6, 6.07) is 17.2. The number of aromatic nitrogens is 2. The molecule has 1 aromatic heterocycles. The Morgan fingerprint density at radius 3 is 2.38 bits per heavy atom. The maximum Gasteiger partial charge on any atom is 0.273 e. The summed E-state index contributed by atoms with van der Waals surface area (Å²) in [5, 5.41) is 7.91. The third-order valence-electron chi connectivity index (χ3n) is 4.24. The number of hydrogen-bond acceptors (Lipinski definition) is 2. The van der Waals surface area contributed by atoms with E-state index in [1.54, 1.807) is 42.1 Å². The fraction of sp³-hybridized carbons (Fsp3) is 0.238. The van der Waals surface area contributed by atoms with Crippen LogP contribution in [0.1, 0.15) is 36.8 Å². The van der Waals surface area contributed by atoms with Crippen LogP contribution in [0.4, 0.5) is 5.69 Å².